The van der Waals surface area contributed by atoms with Gasteiger partial charge in [-0.3, -0.25) is 28.8 Å². The van der Waals surface area contributed by atoms with Crippen LogP contribution in [0.15, 0.2) is 146 Å². The van der Waals surface area contributed by atoms with Crippen molar-refractivity contribution in [3.63, 3.8) is 0 Å². The number of rotatable bonds is 24. The minimum atomic E-state index is -0.805. The molecule has 0 radical (unpaired) electrons. The average molecular weight is 1140 g/mol. The fourth-order valence-corrected chi connectivity index (χ4v) is 8.87. The molecule has 20 nitrogen and oxygen atoms in total. The van der Waals surface area contributed by atoms with Crippen LogP contribution in [0.5, 0.6) is 34.5 Å². The monoisotopic (exact) mass is 1130 g/mol. The lowest BCUT2D eigenvalue weighted by Gasteiger charge is -2.33. The number of amides is 5. The van der Waals surface area contributed by atoms with E-state index in [1.807, 2.05) is 155 Å². The highest BCUT2D eigenvalue weighted by molar-refractivity contribution is 5.83. The van der Waals surface area contributed by atoms with E-state index in [4.69, 9.17) is 53.7 Å². The summed E-state index contributed by atoms with van der Waals surface area (Å²) in [6.45, 7) is 6.26. The Balaban J connectivity index is 0.000000201. The SMILES string of the molecule is CN1CCN(C(=O)C(N)Cc2ccc(Oc3ccc(CCC(=O)O)cc3)cc2)CC1.NC(=O)CCc1ccc(Oc2ccc(CC(N)C(=O)N3CCNCC3)cc2)cc1.NC(=O)CCc1ccc(Oc2ccc(CC(N)C(N)=O)cc2)cc1. The van der Waals surface area contributed by atoms with Crippen LogP contribution in [-0.2, 0) is 67.3 Å². The van der Waals surface area contributed by atoms with Crippen LogP contribution in [-0.4, -0.2) is 133 Å². The number of carboxylic acids is 1. The standard InChI is InChI=1S/C23H29N3O4.C22H28N4O3.C18H21N3O3/c1-25-12-14-26(15-13-25)23(29)21(24)16-18-4-9-20(10-5-18)30-19-7-2-17(3-8-19)6-11-22(27)28;23-20(22(28)26-13-11-25-12-14-26)15-17-3-8-19(9-4-17)29-18-6-1-16(2-7-18)5-10-21(24)27;19-16(18(21)23)11-13-3-8-15(9-4-13)24-14-6-1-12(2-7-14)5-10-17(20)22/h2-5,7-10,21H,6,11-16,24H2,1H3,(H,27,28);1-4,6-9,20,25H,5,10-15,23H2,(H2,24,27);1-4,6-9,16H,5,10-11,19H2,(H2,20,22)(H2,21,23). The Labute approximate surface area is 485 Å². The molecule has 5 amide bonds. The molecule has 3 unspecified atom stereocenters. The topological polar surface area (TPSA) is 328 Å². The maximum Gasteiger partial charge on any atom is 0.303 e. The van der Waals surface area contributed by atoms with Crippen molar-refractivity contribution >= 4 is 35.5 Å². The molecule has 440 valence electrons. The second-order valence-corrected chi connectivity index (χ2v) is 20.5. The number of hydrogen-bond acceptors (Lipinski definition) is 14. The number of nitrogens with zero attached hydrogens (tertiary/aromatic N) is 3. The summed E-state index contributed by atoms with van der Waals surface area (Å²) >= 11 is 0. The van der Waals surface area contributed by atoms with Gasteiger partial charge < -0.3 is 73.7 Å². The van der Waals surface area contributed by atoms with Crippen LogP contribution in [0.2, 0.25) is 0 Å². The van der Waals surface area contributed by atoms with Crippen LogP contribution in [0.1, 0.15) is 52.6 Å². The third-order valence-corrected chi connectivity index (χ3v) is 13.8. The number of hydrogen-bond donors (Lipinski definition) is 8. The molecule has 8 rings (SSSR count). The normalized spacial score (nSPS) is 14.3. The summed E-state index contributed by atoms with van der Waals surface area (Å²) in [5.74, 6) is 2.23. The predicted octanol–water partition coefficient (Wildman–Crippen LogP) is 4.59. The molecule has 6 aromatic carbocycles. The summed E-state index contributed by atoms with van der Waals surface area (Å²) < 4.78 is 17.5. The maximum absolute atomic E-state index is 12.6. The molecule has 2 saturated heterocycles. The van der Waals surface area contributed by atoms with Gasteiger partial charge in [0.15, 0.2) is 0 Å². The number of likely N-dealkylation sites (N-methyl/N-ethyl adjacent to an activating group) is 1. The van der Waals surface area contributed by atoms with Crippen molar-refractivity contribution in [2.75, 3.05) is 59.4 Å². The Morgan fingerprint density at radius 1 is 0.422 bits per heavy atom. The number of carboxylic acid groups (broad SMARTS) is 1. The highest BCUT2D eigenvalue weighted by atomic mass is 16.5. The van der Waals surface area contributed by atoms with E-state index in [9.17, 15) is 28.8 Å². The van der Waals surface area contributed by atoms with E-state index in [-0.39, 0.29) is 30.0 Å². The van der Waals surface area contributed by atoms with Gasteiger partial charge in [-0.25, -0.2) is 0 Å². The number of aryl methyl sites for hydroxylation is 3. The van der Waals surface area contributed by atoms with E-state index in [0.717, 1.165) is 72.6 Å². The van der Waals surface area contributed by atoms with Gasteiger partial charge in [-0.15, -0.1) is 0 Å². The lowest BCUT2D eigenvalue weighted by Crippen LogP contribution is -2.52. The van der Waals surface area contributed by atoms with Crippen LogP contribution in [0.3, 0.4) is 0 Å². The highest BCUT2D eigenvalue weighted by Gasteiger charge is 2.25. The molecule has 6 aromatic rings. The molecule has 0 saturated carbocycles. The minimum absolute atomic E-state index is 0.00301. The van der Waals surface area contributed by atoms with Gasteiger partial charge in [0.05, 0.1) is 18.1 Å². The number of benzene rings is 6. The van der Waals surface area contributed by atoms with Crippen molar-refractivity contribution in [2.45, 2.75) is 75.9 Å². The zero-order chi connectivity index (χ0) is 59.7. The Kier molecular flexibility index (Phi) is 25.0. The predicted molar refractivity (Wildman–Crippen MR) is 318 cm³/mol. The average Bonchev–Trinajstić information content (AvgIpc) is 3.51. The number of ether oxygens (including phenoxy) is 3. The van der Waals surface area contributed by atoms with Crippen LogP contribution in [0, 0.1) is 0 Å². The van der Waals surface area contributed by atoms with Crippen molar-refractivity contribution in [1.29, 1.82) is 0 Å². The molecular formula is C63H78N10O10. The van der Waals surface area contributed by atoms with E-state index < -0.39 is 30.0 Å². The van der Waals surface area contributed by atoms with E-state index in [1.54, 1.807) is 0 Å². The molecule has 2 aliphatic rings. The van der Waals surface area contributed by atoms with Gasteiger partial charge in [0, 0.05) is 71.6 Å². The summed E-state index contributed by atoms with van der Waals surface area (Å²) in [6.07, 6.45) is 3.89. The van der Waals surface area contributed by atoms with Crippen molar-refractivity contribution < 1.29 is 48.1 Å². The van der Waals surface area contributed by atoms with Gasteiger partial charge in [-0.05, 0) is 152 Å². The van der Waals surface area contributed by atoms with Crippen LogP contribution in [0.25, 0.3) is 0 Å². The number of piperazine rings is 2. The number of nitrogens with one attached hydrogen (secondary N) is 1. The number of aliphatic carboxylic acids is 1. The largest absolute Gasteiger partial charge is 0.481 e. The van der Waals surface area contributed by atoms with E-state index in [0.29, 0.717) is 99.0 Å². The second kappa shape index (κ2) is 32.7. The Morgan fingerprint density at radius 3 is 0.988 bits per heavy atom. The molecule has 2 heterocycles. The van der Waals surface area contributed by atoms with Crippen molar-refractivity contribution in [3.05, 3.63) is 179 Å². The number of carbonyl (C=O) groups excluding carboxylic acids is 5. The lowest BCUT2D eigenvalue weighted by atomic mass is 10.0. The summed E-state index contributed by atoms with van der Waals surface area (Å²) in [7, 11) is 2.05. The van der Waals surface area contributed by atoms with Gasteiger partial charge in [-0.2, -0.15) is 0 Å². The van der Waals surface area contributed by atoms with Crippen LogP contribution in [0.4, 0.5) is 0 Å². The summed E-state index contributed by atoms with van der Waals surface area (Å²) in [4.78, 5) is 74.1. The number of nitrogens with two attached hydrogens (primary N) is 6. The summed E-state index contributed by atoms with van der Waals surface area (Å²) in [6, 6.07) is 43.2. The fourth-order valence-electron chi connectivity index (χ4n) is 8.87. The molecule has 2 aliphatic heterocycles. The third-order valence-electron chi connectivity index (χ3n) is 13.8. The van der Waals surface area contributed by atoms with Gasteiger partial charge in [0.1, 0.15) is 34.5 Å². The lowest BCUT2D eigenvalue weighted by molar-refractivity contribution is -0.137. The molecule has 20 heteroatoms. The first-order chi connectivity index (χ1) is 39.8. The molecule has 0 bridgehead atoms. The van der Waals surface area contributed by atoms with Crippen molar-refractivity contribution in [2.24, 2.45) is 34.4 Å². The smallest absolute Gasteiger partial charge is 0.303 e. The van der Waals surface area contributed by atoms with E-state index in [1.165, 1.54) is 0 Å². The fraction of sp³-hybridized carbons (Fsp3) is 0.333. The highest BCUT2D eigenvalue weighted by Crippen LogP contribution is 2.26. The molecule has 14 N–H and O–H groups in total. The van der Waals surface area contributed by atoms with E-state index in [2.05, 4.69) is 17.3 Å². The maximum atomic E-state index is 12.6. The van der Waals surface area contributed by atoms with E-state index >= 15 is 0 Å². The first-order valence-corrected chi connectivity index (χ1v) is 27.7. The molecule has 0 aliphatic carbocycles. The molecule has 0 spiro atoms. The second-order valence-electron chi connectivity index (χ2n) is 20.5. The van der Waals surface area contributed by atoms with Crippen LogP contribution < -0.4 is 53.9 Å². The summed E-state index contributed by atoms with van der Waals surface area (Å²) in [5, 5.41) is 12.0. The Bertz CT molecular complexity index is 3010. The first-order valence-electron chi connectivity index (χ1n) is 27.7. The summed E-state index contributed by atoms with van der Waals surface area (Å²) in [5.41, 5.74) is 39.3. The Morgan fingerprint density at radius 2 is 0.699 bits per heavy atom. The quantitative estimate of drug-likeness (QED) is 0.0411. The Hall–Kier alpha value is -8.66. The zero-order valence-corrected chi connectivity index (χ0v) is 47.0. The molecule has 3 atom stereocenters. The van der Waals surface area contributed by atoms with Gasteiger partial charge >= 0.3 is 5.97 Å². The van der Waals surface area contributed by atoms with Gasteiger partial charge in [0.2, 0.25) is 29.5 Å². The molecular weight excluding hydrogens is 1060 g/mol. The first kappa shape index (κ1) is 63.5. The van der Waals surface area contributed by atoms with Crippen molar-refractivity contribution in [1.82, 2.24) is 20.0 Å². The molecule has 0 aromatic heterocycles. The van der Waals surface area contributed by atoms with Crippen LogP contribution >= 0.6 is 0 Å². The zero-order valence-electron chi connectivity index (χ0n) is 47.0. The third kappa shape index (κ3) is 22.7. The number of carbonyl (C=O) groups is 6. The van der Waals surface area contributed by atoms with Gasteiger partial charge in [-0.1, -0.05) is 72.8 Å². The van der Waals surface area contributed by atoms with Gasteiger partial charge in [0.25, 0.3) is 0 Å². The molecule has 83 heavy (non-hydrogen) atoms. The number of primary amides is 3. The van der Waals surface area contributed by atoms with Crippen molar-refractivity contribution in [3.8, 4) is 34.5 Å². The molecule has 2 fully saturated rings. The minimum Gasteiger partial charge on any atom is -0.481 e.